The number of benzene rings is 1. The van der Waals surface area contributed by atoms with E-state index in [1.165, 1.54) is 12.1 Å². The summed E-state index contributed by atoms with van der Waals surface area (Å²) in [6.45, 7) is 6.12. The third-order valence-electron chi connectivity index (χ3n) is 2.50. The molecular formula is C12H19FN2O2S. The van der Waals surface area contributed by atoms with Crippen LogP contribution in [0.1, 0.15) is 27.2 Å². The Labute approximate surface area is 107 Å². The summed E-state index contributed by atoms with van der Waals surface area (Å²) in [5.74, 6) is -0.114. The van der Waals surface area contributed by atoms with E-state index in [2.05, 4.69) is 19.2 Å². The summed E-state index contributed by atoms with van der Waals surface area (Å²) in [5, 5.41) is 7.94. The molecular weight excluding hydrogens is 255 g/mol. The molecule has 0 radical (unpaired) electrons. The predicted octanol–water partition coefficient (Wildman–Crippen LogP) is 2.32. The smallest absolute Gasteiger partial charge is 0.238 e. The van der Waals surface area contributed by atoms with Crippen molar-refractivity contribution in [2.75, 3.05) is 5.32 Å². The molecule has 1 aromatic carbocycles. The Balaban J connectivity index is 2.87. The van der Waals surface area contributed by atoms with Crippen molar-refractivity contribution in [1.29, 1.82) is 0 Å². The number of halogens is 1. The van der Waals surface area contributed by atoms with Gasteiger partial charge < -0.3 is 5.32 Å². The second-order valence-corrected chi connectivity index (χ2v) is 6.42. The molecule has 102 valence electrons. The maximum Gasteiger partial charge on any atom is 0.238 e. The molecule has 18 heavy (non-hydrogen) atoms. The first-order valence-electron chi connectivity index (χ1n) is 5.79. The summed E-state index contributed by atoms with van der Waals surface area (Å²) in [6.07, 6.45) is 0.899. The first-order valence-corrected chi connectivity index (χ1v) is 7.33. The lowest BCUT2D eigenvalue weighted by atomic mass is 10.1. The first-order chi connectivity index (χ1) is 8.20. The molecule has 1 unspecified atom stereocenters. The molecule has 4 nitrogen and oxygen atoms in total. The molecule has 0 aliphatic heterocycles. The van der Waals surface area contributed by atoms with Gasteiger partial charge in [0.15, 0.2) is 0 Å². The molecule has 0 bridgehead atoms. The van der Waals surface area contributed by atoms with Gasteiger partial charge in [0.2, 0.25) is 10.0 Å². The number of nitrogens with two attached hydrogens (primary N) is 1. The molecule has 0 heterocycles. The van der Waals surface area contributed by atoms with E-state index in [0.29, 0.717) is 5.92 Å². The van der Waals surface area contributed by atoms with Crippen molar-refractivity contribution in [3.8, 4) is 0 Å². The van der Waals surface area contributed by atoms with Crippen LogP contribution in [-0.4, -0.2) is 14.5 Å². The number of primary sulfonamides is 1. The van der Waals surface area contributed by atoms with E-state index in [9.17, 15) is 12.8 Å². The van der Waals surface area contributed by atoms with E-state index in [1.807, 2.05) is 6.92 Å². The van der Waals surface area contributed by atoms with Gasteiger partial charge in [-0.25, -0.2) is 17.9 Å². The Morgan fingerprint density at radius 1 is 1.33 bits per heavy atom. The second-order valence-electron chi connectivity index (χ2n) is 4.86. The van der Waals surface area contributed by atoms with Crippen LogP contribution in [0.4, 0.5) is 10.1 Å². The average Bonchev–Trinajstić information content (AvgIpc) is 2.18. The summed E-state index contributed by atoms with van der Waals surface area (Å²) in [7, 11) is -3.86. The molecule has 0 aliphatic rings. The monoisotopic (exact) mass is 274 g/mol. The molecule has 0 saturated heterocycles. The van der Waals surface area contributed by atoms with Gasteiger partial charge in [-0.05, 0) is 37.5 Å². The van der Waals surface area contributed by atoms with Crippen LogP contribution in [0, 0.1) is 11.7 Å². The molecule has 1 rings (SSSR count). The van der Waals surface area contributed by atoms with Gasteiger partial charge in [0.1, 0.15) is 5.82 Å². The van der Waals surface area contributed by atoms with E-state index in [0.717, 1.165) is 12.5 Å². The topological polar surface area (TPSA) is 72.2 Å². The zero-order chi connectivity index (χ0) is 13.9. The van der Waals surface area contributed by atoms with Gasteiger partial charge in [-0.1, -0.05) is 13.8 Å². The quantitative estimate of drug-likeness (QED) is 0.865. The van der Waals surface area contributed by atoms with Gasteiger partial charge in [0, 0.05) is 6.04 Å². The summed E-state index contributed by atoms with van der Waals surface area (Å²) < 4.78 is 35.8. The Kier molecular flexibility index (Phi) is 4.70. The van der Waals surface area contributed by atoms with E-state index in [1.54, 1.807) is 0 Å². The van der Waals surface area contributed by atoms with Crippen molar-refractivity contribution in [3.05, 3.63) is 24.0 Å². The van der Waals surface area contributed by atoms with Crippen molar-refractivity contribution >= 4 is 15.7 Å². The van der Waals surface area contributed by atoms with Gasteiger partial charge >= 0.3 is 0 Å². The molecule has 0 saturated carbocycles. The number of sulfonamides is 1. The predicted molar refractivity (Wildman–Crippen MR) is 70.3 cm³/mol. The van der Waals surface area contributed by atoms with Crippen molar-refractivity contribution in [1.82, 2.24) is 0 Å². The lowest BCUT2D eigenvalue weighted by Crippen LogP contribution is -2.19. The van der Waals surface area contributed by atoms with Crippen LogP contribution in [0.2, 0.25) is 0 Å². The fourth-order valence-electron chi connectivity index (χ4n) is 1.82. The third kappa shape index (κ3) is 4.27. The minimum Gasteiger partial charge on any atom is -0.380 e. The van der Waals surface area contributed by atoms with E-state index in [4.69, 9.17) is 5.14 Å². The highest BCUT2D eigenvalue weighted by Gasteiger charge is 2.13. The maximum absolute atomic E-state index is 13.7. The highest BCUT2D eigenvalue weighted by atomic mass is 32.2. The summed E-state index contributed by atoms with van der Waals surface area (Å²) in [6, 6.07) is 3.73. The van der Waals surface area contributed by atoms with Gasteiger partial charge in [0.25, 0.3) is 0 Å². The lowest BCUT2D eigenvalue weighted by Gasteiger charge is -2.17. The number of hydrogen-bond donors (Lipinski definition) is 2. The minimum absolute atomic E-state index is 0.111. The van der Waals surface area contributed by atoms with Crippen LogP contribution >= 0.6 is 0 Å². The molecule has 1 atom stereocenters. The molecule has 0 aromatic heterocycles. The minimum atomic E-state index is -3.86. The standard InChI is InChI=1S/C12H19FN2O2S/c1-8(2)6-9(3)15-12-5-4-10(7-11(12)13)18(14,16)17/h4-5,7-9,15H,6H2,1-3H3,(H2,14,16,17). The second kappa shape index (κ2) is 5.67. The Hall–Kier alpha value is -1.14. The SMILES string of the molecule is CC(C)CC(C)Nc1ccc(S(N)(=O)=O)cc1F. The zero-order valence-corrected chi connectivity index (χ0v) is 11.6. The molecule has 0 aliphatic carbocycles. The normalized spacial score (nSPS) is 13.7. The summed E-state index contributed by atoms with van der Waals surface area (Å²) in [4.78, 5) is -0.220. The zero-order valence-electron chi connectivity index (χ0n) is 10.8. The van der Waals surface area contributed by atoms with E-state index in [-0.39, 0.29) is 16.6 Å². The summed E-state index contributed by atoms with van der Waals surface area (Å²) in [5.41, 5.74) is 0.288. The largest absolute Gasteiger partial charge is 0.380 e. The van der Waals surface area contributed by atoms with E-state index < -0.39 is 15.8 Å². The van der Waals surface area contributed by atoms with Crippen LogP contribution in [-0.2, 0) is 10.0 Å². The van der Waals surface area contributed by atoms with Gasteiger partial charge in [-0.3, -0.25) is 0 Å². The number of nitrogens with one attached hydrogen (secondary N) is 1. The highest BCUT2D eigenvalue weighted by molar-refractivity contribution is 7.89. The van der Waals surface area contributed by atoms with Crippen LogP contribution in [0.3, 0.4) is 0 Å². The van der Waals surface area contributed by atoms with Crippen LogP contribution < -0.4 is 10.5 Å². The lowest BCUT2D eigenvalue weighted by molar-refractivity contribution is 0.535. The Bertz CT molecular complexity index is 515. The molecule has 3 N–H and O–H groups in total. The van der Waals surface area contributed by atoms with E-state index >= 15 is 0 Å². The van der Waals surface area contributed by atoms with Crippen LogP contribution in [0.15, 0.2) is 23.1 Å². The van der Waals surface area contributed by atoms with Gasteiger partial charge in [-0.15, -0.1) is 0 Å². The van der Waals surface area contributed by atoms with Crippen molar-refractivity contribution < 1.29 is 12.8 Å². The van der Waals surface area contributed by atoms with Crippen LogP contribution in [0.25, 0.3) is 0 Å². The molecule has 0 fully saturated rings. The van der Waals surface area contributed by atoms with Gasteiger partial charge in [0.05, 0.1) is 10.6 Å². The van der Waals surface area contributed by atoms with Gasteiger partial charge in [-0.2, -0.15) is 0 Å². The Morgan fingerprint density at radius 2 is 1.94 bits per heavy atom. The number of hydrogen-bond acceptors (Lipinski definition) is 3. The molecule has 6 heteroatoms. The number of anilines is 1. The summed E-state index contributed by atoms with van der Waals surface area (Å²) >= 11 is 0. The third-order valence-corrected chi connectivity index (χ3v) is 3.41. The fraction of sp³-hybridized carbons (Fsp3) is 0.500. The highest BCUT2D eigenvalue weighted by Crippen LogP contribution is 2.20. The van der Waals surface area contributed by atoms with Crippen molar-refractivity contribution in [2.45, 2.75) is 38.1 Å². The molecule has 0 amide bonds. The van der Waals surface area contributed by atoms with Crippen LogP contribution in [0.5, 0.6) is 0 Å². The number of rotatable bonds is 5. The van der Waals surface area contributed by atoms with Crippen molar-refractivity contribution in [3.63, 3.8) is 0 Å². The Morgan fingerprint density at radius 3 is 2.39 bits per heavy atom. The molecule has 1 aromatic rings. The molecule has 0 spiro atoms. The van der Waals surface area contributed by atoms with Crippen molar-refractivity contribution in [2.24, 2.45) is 11.1 Å². The average molecular weight is 274 g/mol. The fourth-order valence-corrected chi connectivity index (χ4v) is 2.35. The maximum atomic E-state index is 13.7. The first kappa shape index (κ1) is 14.9.